The zero-order valence-electron chi connectivity index (χ0n) is 11.7. The van der Waals surface area contributed by atoms with Crippen LogP contribution in [0, 0.1) is 11.6 Å². The van der Waals surface area contributed by atoms with Gasteiger partial charge in [-0.3, -0.25) is 4.79 Å². The van der Waals surface area contributed by atoms with Gasteiger partial charge in [0.1, 0.15) is 11.6 Å². The van der Waals surface area contributed by atoms with Gasteiger partial charge >= 0.3 is 5.97 Å². The van der Waals surface area contributed by atoms with Gasteiger partial charge in [0.25, 0.3) is 5.91 Å². The van der Waals surface area contributed by atoms with Crippen LogP contribution in [0.1, 0.15) is 17.3 Å². The van der Waals surface area contributed by atoms with E-state index in [4.69, 9.17) is 4.74 Å². The van der Waals surface area contributed by atoms with E-state index >= 15 is 0 Å². The molecule has 1 N–H and O–H groups in total. The highest BCUT2D eigenvalue weighted by Gasteiger charge is 2.19. The van der Waals surface area contributed by atoms with Crippen LogP contribution in [-0.2, 0) is 9.53 Å². The molecule has 4 nitrogen and oxygen atoms in total. The molecule has 1 atom stereocenters. The van der Waals surface area contributed by atoms with Crippen molar-refractivity contribution in [3.05, 3.63) is 65.7 Å². The predicted octanol–water partition coefficient (Wildman–Crippen LogP) is 3.15. The average Bonchev–Trinajstić information content (AvgIpc) is 2.50. The van der Waals surface area contributed by atoms with Crippen LogP contribution in [-0.4, -0.2) is 18.0 Å². The third-order valence-corrected chi connectivity index (χ3v) is 2.84. The van der Waals surface area contributed by atoms with Gasteiger partial charge in [0, 0.05) is 5.69 Å². The van der Waals surface area contributed by atoms with E-state index < -0.39 is 29.6 Å². The van der Waals surface area contributed by atoms with Gasteiger partial charge in [0.05, 0.1) is 5.56 Å². The van der Waals surface area contributed by atoms with E-state index in [2.05, 4.69) is 5.32 Å². The van der Waals surface area contributed by atoms with Crippen LogP contribution in [0.2, 0.25) is 0 Å². The smallest absolute Gasteiger partial charge is 0.338 e. The van der Waals surface area contributed by atoms with Crippen molar-refractivity contribution >= 4 is 17.6 Å². The van der Waals surface area contributed by atoms with Crippen LogP contribution < -0.4 is 5.32 Å². The fourth-order valence-electron chi connectivity index (χ4n) is 1.65. The predicted molar refractivity (Wildman–Crippen MR) is 76.3 cm³/mol. The summed E-state index contributed by atoms with van der Waals surface area (Å²) in [4.78, 5) is 23.7. The minimum Gasteiger partial charge on any atom is -0.449 e. The lowest BCUT2D eigenvalue weighted by molar-refractivity contribution is -0.123. The molecule has 0 aliphatic carbocycles. The molecule has 0 spiro atoms. The zero-order chi connectivity index (χ0) is 16.1. The van der Waals surface area contributed by atoms with E-state index in [1.807, 2.05) is 0 Å². The van der Waals surface area contributed by atoms with Crippen molar-refractivity contribution in [1.29, 1.82) is 0 Å². The topological polar surface area (TPSA) is 55.4 Å². The highest BCUT2D eigenvalue weighted by atomic mass is 19.1. The Morgan fingerprint density at radius 3 is 2.00 bits per heavy atom. The maximum Gasteiger partial charge on any atom is 0.338 e. The number of nitrogens with one attached hydrogen (secondary N) is 1. The van der Waals surface area contributed by atoms with E-state index in [9.17, 15) is 18.4 Å². The van der Waals surface area contributed by atoms with Crippen molar-refractivity contribution in [3.63, 3.8) is 0 Å². The summed E-state index contributed by atoms with van der Waals surface area (Å²) in [6, 6.07) is 9.96. The third kappa shape index (κ3) is 4.12. The number of ether oxygens (including phenoxy) is 1. The first-order valence-electron chi connectivity index (χ1n) is 6.48. The van der Waals surface area contributed by atoms with Gasteiger partial charge in [0.15, 0.2) is 6.10 Å². The van der Waals surface area contributed by atoms with E-state index in [0.29, 0.717) is 5.69 Å². The molecule has 22 heavy (non-hydrogen) atoms. The van der Waals surface area contributed by atoms with E-state index in [0.717, 1.165) is 12.1 Å². The minimum absolute atomic E-state index is 0.142. The molecule has 2 aromatic carbocycles. The summed E-state index contributed by atoms with van der Waals surface area (Å²) < 4.78 is 30.5. The van der Waals surface area contributed by atoms with Gasteiger partial charge in [0.2, 0.25) is 0 Å². The van der Waals surface area contributed by atoms with Crippen LogP contribution in [0.3, 0.4) is 0 Å². The Morgan fingerprint density at radius 1 is 0.955 bits per heavy atom. The summed E-state index contributed by atoms with van der Waals surface area (Å²) >= 11 is 0. The second-order valence-electron chi connectivity index (χ2n) is 4.55. The largest absolute Gasteiger partial charge is 0.449 e. The molecule has 0 bridgehead atoms. The third-order valence-electron chi connectivity index (χ3n) is 2.84. The number of carbonyl (C=O) groups is 2. The second kappa shape index (κ2) is 6.80. The first kappa shape index (κ1) is 15.6. The lowest BCUT2D eigenvalue weighted by atomic mass is 10.2. The number of hydrogen-bond acceptors (Lipinski definition) is 3. The first-order chi connectivity index (χ1) is 10.5. The van der Waals surface area contributed by atoms with Crippen LogP contribution in [0.25, 0.3) is 0 Å². The quantitative estimate of drug-likeness (QED) is 0.883. The fraction of sp³-hybridized carbons (Fsp3) is 0.125. The van der Waals surface area contributed by atoms with Gasteiger partial charge in [-0.1, -0.05) is 0 Å². The van der Waals surface area contributed by atoms with Crippen molar-refractivity contribution in [2.75, 3.05) is 5.32 Å². The summed E-state index contributed by atoms with van der Waals surface area (Å²) in [6.07, 6.45) is -1.05. The Labute approximate surface area is 125 Å². The van der Waals surface area contributed by atoms with E-state index in [1.165, 1.54) is 43.3 Å². The van der Waals surface area contributed by atoms with Crippen molar-refractivity contribution in [3.8, 4) is 0 Å². The SMILES string of the molecule is C[C@@H](OC(=O)c1ccc(F)cc1)C(=O)Nc1ccc(F)cc1. The standard InChI is InChI=1S/C16H13F2NO3/c1-10(15(20)19-14-8-6-13(18)7-9-14)22-16(21)11-2-4-12(17)5-3-11/h2-10H,1H3,(H,19,20)/t10-/m1/s1. The monoisotopic (exact) mass is 305 g/mol. The van der Waals surface area contributed by atoms with Gasteiger partial charge < -0.3 is 10.1 Å². The van der Waals surface area contributed by atoms with Crippen molar-refractivity contribution in [1.82, 2.24) is 0 Å². The highest BCUT2D eigenvalue weighted by Crippen LogP contribution is 2.11. The van der Waals surface area contributed by atoms with Gasteiger partial charge in [-0.05, 0) is 55.5 Å². The van der Waals surface area contributed by atoms with Crippen molar-refractivity contribution < 1.29 is 23.1 Å². The molecule has 2 aromatic rings. The number of hydrogen-bond donors (Lipinski definition) is 1. The van der Waals surface area contributed by atoms with E-state index in [-0.39, 0.29) is 5.56 Å². The maximum atomic E-state index is 12.8. The molecule has 0 saturated carbocycles. The van der Waals surface area contributed by atoms with Crippen molar-refractivity contribution in [2.24, 2.45) is 0 Å². The molecule has 1 amide bonds. The first-order valence-corrected chi connectivity index (χ1v) is 6.48. The van der Waals surface area contributed by atoms with Crippen LogP contribution in [0.5, 0.6) is 0 Å². The Balaban J connectivity index is 1.94. The Kier molecular flexibility index (Phi) is 4.83. The lowest BCUT2D eigenvalue weighted by Crippen LogP contribution is -2.30. The molecule has 2 rings (SSSR count). The fourth-order valence-corrected chi connectivity index (χ4v) is 1.65. The van der Waals surface area contributed by atoms with Crippen molar-refractivity contribution in [2.45, 2.75) is 13.0 Å². The molecular formula is C16H13F2NO3. The lowest BCUT2D eigenvalue weighted by Gasteiger charge is -2.13. The summed E-state index contributed by atoms with van der Waals surface area (Å²) in [5.74, 6) is -2.18. The minimum atomic E-state index is -1.05. The molecule has 0 aliphatic heterocycles. The number of anilines is 1. The molecule has 6 heteroatoms. The highest BCUT2D eigenvalue weighted by molar-refractivity contribution is 5.97. The summed E-state index contributed by atoms with van der Waals surface area (Å²) in [5, 5.41) is 2.49. The molecule has 0 fully saturated rings. The number of benzene rings is 2. The van der Waals surface area contributed by atoms with E-state index in [1.54, 1.807) is 0 Å². The zero-order valence-corrected chi connectivity index (χ0v) is 11.7. The number of amides is 1. The van der Waals surface area contributed by atoms with Gasteiger partial charge in [-0.2, -0.15) is 0 Å². The molecular weight excluding hydrogens is 292 g/mol. The maximum absolute atomic E-state index is 12.8. The van der Waals surface area contributed by atoms with Gasteiger partial charge in [-0.25, -0.2) is 13.6 Å². The molecule has 0 heterocycles. The van der Waals surface area contributed by atoms with Gasteiger partial charge in [-0.15, -0.1) is 0 Å². The van der Waals surface area contributed by atoms with Crippen LogP contribution in [0.15, 0.2) is 48.5 Å². The summed E-state index contributed by atoms with van der Waals surface area (Å²) in [6.45, 7) is 1.40. The normalized spacial score (nSPS) is 11.6. The summed E-state index contributed by atoms with van der Waals surface area (Å²) in [5.41, 5.74) is 0.527. The summed E-state index contributed by atoms with van der Waals surface area (Å²) in [7, 11) is 0. The average molecular weight is 305 g/mol. The number of halogens is 2. The second-order valence-corrected chi connectivity index (χ2v) is 4.55. The van der Waals surface area contributed by atoms with Crippen LogP contribution >= 0.6 is 0 Å². The molecule has 0 unspecified atom stereocenters. The number of esters is 1. The molecule has 0 aromatic heterocycles. The number of rotatable bonds is 4. The molecule has 114 valence electrons. The molecule has 0 radical (unpaired) electrons. The Morgan fingerprint density at radius 2 is 1.45 bits per heavy atom. The Hall–Kier alpha value is -2.76. The Bertz CT molecular complexity index is 669. The molecule has 0 aliphatic rings. The molecule has 0 saturated heterocycles. The van der Waals surface area contributed by atoms with Crippen LogP contribution in [0.4, 0.5) is 14.5 Å². The number of carbonyl (C=O) groups excluding carboxylic acids is 2.